The van der Waals surface area contributed by atoms with E-state index in [0.29, 0.717) is 5.69 Å². The largest absolute Gasteiger partial charge is 0.399 e. The third-order valence-corrected chi connectivity index (χ3v) is 9.12. The Hall–Kier alpha value is -6.72. The highest BCUT2D eigenvalue weighted by molar-refractivity contribution is 6.00. The highest BCUT2D eigenvalue weighted by atomic mass is 14.8. The molecule has 0 atom stereocenters. The maximum absolute atomic E-state index is 6.35. The van der Waals surface area contributed by atoms with Gasteiger partial charge < -0.3 is 15.7 Å². The number of nitrogens with two attached hydrogens (primary N) is 1. The van der Waals surface area contributed by atoms with Crippen LogP contribution in [0.25, 0.3) is 90.9 Å². The molecule has 4 N–H and O–H groups in total. The molecule has 3 aromatic heterocycles. The number of H-pyrrole nitrogens is 2. The molecule has 0 fully saturated rings. The summed E-state index contributed by atoms with van der Waals surface area (Å²) in [6.07, 6.45) is 8.45. The lowest BCUT2D eigenvalue weighted by molar-refractivity contribution is 1.28. The summed E-state index contributed by atoms with van der Waals surface area (Å²) in [5, 5.41) is 0. The zero-order valence-corrected chi connectivity index (χ0v) is 26.6. The molecule has 0 radical (unpaired) electrons. The minimum Gasteiger partial charge on any atom is -0.399 e. The van der Waals surface area contributed by atoms with E-state index in [4.69, 9.17) is 15.7 Å². The van der Waals surface area contributed by atoms with E-state index < -0.39 is 0 Å². The third kappa shape index (κ3) is 5.14. The first-order valence-electron chi connectivity index (χ1n) is 16.4. The number of nitrogens with zero attached hydrogens (tertiary/aromatic N) is 2. The zero-order valence-electron chi connectivity index (χ0n) is 26.6. The molecule has 49 heavy (non-hydrogen) atoms. The highest BCUT2D eigenvalue weighted by Crippen LogP contribution is 2.38. The summed E-state index contributed by atoms with van der Waals surface area (Å²) in [5.41, 5.74) is 22.7. The van der Waals surface area contributed by atoms with Crippen LogP contribution in [0.15, 0.2) is 140 Å². The van der Waals surface area contributed by atoms with Crippen molar-refractivity contribution in [2.45, 2.75) is 0 Å². The molecule has 2 aliphatic rings. The molecule has 0 saturated heterocycles. The van der Waals surface area contributed by atoms with Crippen LogP contribution < -0.4 is 5.73 Å². The number of hydrogen-bond donors (Lipinski definition) is 3. The number of fused-ring (bicyclic) bond motifs is 8. The summed E-state index contributed by atoms with van der Waals surface area (Å²) in [4.78, 5) is 18.2. The van der Waals surface area contributed by atoms with Crippen LogP contribution in [0.4, 0.5) is 5.69 Å². The smallest absolute Gasteiger partial charge is 0.0738 e. The molecule has 0 unspecified atom stereocenters. The highest BCUT2D eigenvalue weighted by Gasteiger charge is 2.19. The molecule has 0 spiro atoms. The Kier molecular flexibility index (Phi) is 6.87. The van der Waals surface area contributed by atoms with Crippen molar-refractivity contribution in [2.24, 2.45) is 0 Å². The van der Waals surface area contributed by atoms with E-state index in [0.717, 1.165) is 89.4 Å². The number of benzene rings is 4. The lowest BCUT2D eigenvalue weighted by Gasteiger charge is -2.07. The molecule has 2 aliphatic heterocycles. The Bertz CT molecular complexity index is 2450. The van der Waals surface area contributed by atoms with Gasteiger partial charge in [-0.15, -0.1) is 0 Å². The first kappa shape index (κ1) is 28.5. The number of nitrogen functional groups attached to an aromatic ring is 1. The van der Waals surface area contributed by atoms with Crippen molar-refractivity contribution in [1.82, 2.24) is 19.9 Å². The van der Waals surface area contributed by atoms with Crippen LogP contribution in [0.3, 0.4) is 0 Å². The summed E-state index contributed by atoms with van der Waals surface area (Å²) in [6.45, 7) is 0. The van der Waals surface area contributed by atoms with E-state index in [9.17, 15) is 0 Å². The Morgan fingerprint density at radius 2 is 0.714 bits per heavy atom. The molecule has 9 rings (SSSR count). The normalized spacial score (nSPS) is 12.0. The molecule has 232 valence electrons. The quantitative estimate of drug-likeness (QED) is 0.169. The number of aromatic nitrogens is 4. The standard InChI is InChI=1S/C44H31N5/c45-32-18-10-17-31(27-32)44-39-25-23-37(48-39)42(29-13-6-2-7-14-29)35-21-19-33(46-35)41(28-11-4-1-5-12-28)34-20-22-36(47-34)43(30-15-8-3-9-16-30)38-24-26-40(44)49-38/h1-27,48-49H,45H2. The van der Waals surface area contributed by atoms with Crippen LogP contribution >= 0.6 is 0 Å². The van der Waals surface area contributed by atoms with E-state index in [-0.39, 0.29) is 0 Å². The van der Waals surface area contributed by atoms with E-state index >= 15 is 0 Å². The molecular formula is C44H31N5. The molecule has 8 bridgehead atoms. The SMILES string of the molecule is Nc1cccc(-c2c3ccc([nH]3)c(-c3ccccc3)c3nc(c(-c4ccccc4)c4nc(c(-c5ccccc5)c5ccc2[nH]5)C=C4)C=C3)c1. The molecular weight excluding hydrogens is 599 g/mol. The van der Waals surface area contributed by atoms with Gasteiger partial charge >= 0.3 is 0 Å². The lowest BCUT2D eigenvalue weighted by atomic mass is 10.0. The van der Waals surface area contributed by atoms with Crippen LogP contribution in [-0.2, 0) is 0 Å². The Morgan fingerprint density at radius 3 is 1.14 bits per heavy atom. The van der Waals surface area contributed by atoms with E-state index in [1.807, 2.05) is 36.4 Å². The molecule has 5 heterocycles. The summed E-state index contributed by atoms with van der Waals surface area (Å²) in [6, 6.07) is 47.9. The lowest BCUT2D eigenvalue weighted by Crippen LogP contribution is -1.91. The van der Waals surface area contributed by atoms with Gasteiger partial charge in [0.25, 0.3) is 0 Å². The fraction of sp³-hybridized carbons (Fsp3) is 0. The van der Waals surface area contributed by atoms with Gasteiger partial charge in [-0.2, -0.15) is 0 Å². The van der Waals surface area contributed by atoms with Gasteiger partial charge in [-0.3, -0.25) is 0 Å². The molecule has 4 aromatic carbocycles. The van der Waals surface area contributed by atoms with Crippen molar-refractivity contribution < 1.29 is 0 Å². The fourth-order valence-corrected chi connectivity index (χ4v) is 6.93. The van der Waals surface area contributed by atoms with Crippen LogP contribution in [0.5, 0.6) is 0 Å². The zero-order chi connectivity index (χ0) is 32.7. The monoisotopic (exact) mass is 629 g/mol. The van der Waals surface area contributed by atoms with Gasteiger partial charge in [0.1, 0.15) is 0 Å². The van der Waals surface area contributed by atoms with Crippen molar-refractivity contribution in [1.29, 1.82) is 0 Å². The van der Waals surface area contributed by atoms with Crippen LogP contribution in [-0.4, -0.2) is 19.9 Å². The first-order chi connectivity index (χ1) is 24.2. The van der Waals surface area contributed by atoms with Crippen molar-refractivity contribution in [2.75, 3.05) is 5.73 Å². The number of rotatable bonds is 4. The summed E-state index contributed by atoms with van der Waals surface area (Å²) in [5.74, 6) is 0. The minimum atomic E-state index is 0.705. The van der Waals surface area contributed by atoms with Gasteiger partial charge in [0.15, 0.2) is 0 Å². The van der Waals surface area contributed by atoms with Crippen molar-refractivity contribution in [3.63, 3.8) is 0 Å². The summed E-state index contributed by atoms with van der Waals surface area (Å²) >= 11 is 0. The van der Waals surface area contributed by atoms with Gasteiger partial charge in [0.05, 0.1) is 22.8 Å². The van der Waals surface area contributed by atoms with E-state index in [1.165, 1.54) is 0 Å². The predicted molar refractivity (Wildman–Crippen MR) is 205 cm³/mol. The Morgan fingerprint density at radius 1 is 0.347 bits per heavy atom. The minimum absolute atomic E-state index is 0.705. The van der Waals surface area contributed by atoms with E-state index in [2.05, 4.69) is 137 Å². The van der Waals surface area contributed by atoms with Gasteiger partial charge in [0, 0.05) is 50.0 Å². The number of nitrogens with one attached hydrogen (secondary N) is 2. The van der Waals surface area contributed by atoms with E-state index in [1.54, 1.807) is 0 Å². The molecule has 0 saturated carbocycles. The first-order valence-corrected chi connectivity index (χ1v) is 16.4. The van der Waals surface area contributed by atoms with Crippen molar-refractivity contribution >= 4 is 52.1 Å². The number of aromatic amines is 2. The molecule has 5 nitrogen and oxygen atoms in total. The van der Waals surface area contributed by atoms with Crippen molar-refractivity contribution in [3.05, 3.63) is 162 Å². The van der Waals surface area contributed by atoms with Crippen LogP contribution in [0, 0.1) is 0 Å². The summed E-state index contributed by atoms with van der Waals surface area (Å²) in [7, 11) is 0. The maximum Gasteiger partial charge on any atom is 0.0738 e. The number of anilines is 1. The van der Waals surface area contributed by atoms with Gasteiger partial charge in [-0.1, -0.05) is 103 Å². The summed E-state index contributed by atoms with van der Waals surface area (Å²) < 4.78 is 0. The Balaban J connectivity index is 1.49. The molecule has 7 aromatic rings. The Labute approximate surface area is 283 Å². The fourth-order valence-electron chi connectivity index (χ4n) is 6.93. The second-order valence-corrected chi connectivity index (χ2v) is 12.2. The third-order valence-electron chi connectivity index (χ3n) is 9.12. The second-order valence-electron chi connectivity index (χ2n) is 12.2. The average Bonchev–Trinajstić information content (AvgIpc) is 3.97. The average molecular weight is 630 g/mol. The molecule has 5 heteroatoms. The van der Waals surface area contributed by atoms with Crippen molar-refractivity contribution in [3.8, 4) is 44.5 Å². The van der Waals surface area contributed by atoms with Gasteiger partial charge in [-0.25, -0.2) is 9.97 Å². The van der Waals surface area contributed by atoms with Gasteiger partial charge in [-0.05, 0) is 83.0 Å². The molecule has 0 aliphatic carbocycles. The van der Waals surface area contributed by atoms with Gasteiger partial charge in [0.2, 0.25) is 0 Å². The van der Waals surface area contributed by atoms with Crippen LogP contribution in [0.1, 0.15) is 22.8 Å². The number of hydrogen-bond acceptors (Lipinski definition) is 3. The van der Waals surface area contributed by atoms with Crippen LogP contribution in [0.2, 0.25) is 0 Å². The second kappa shape index (κ2) is 11.8. The topological polar surface area (TPSA) is 83.4 Å². The molecule has 0 amide bonds. The maximum atomic E-state index is 6.35. The predicted octanol–water partition coefficient (Wildman–Crippen LogP) is 10.9.